The summed E-state index contributed by atoms with van der Waals surface area (Å²) in [5, 5.41) is 7.42. The van der Waals surface area contributed by atoms with E-state index in [1.807, 2.05) is 18.2 Å². The number of nitrogens with zero attached hydrogens (tertiary/aromatic N) is 4. The number of methoxy groups -OCH3 is 3. The van der Waals surface area contributed by atoms with Crippen LogP contribution in [-0.2, 0) is 13.1 Å². The minimum absolute atomic E-state index is 0.565. The van der Waals surface area contributed by atoms with E-state index in [-0.39, 0.29) is 0 Å². The highest BCUT2D eigenvalue weighted by Crippen LogP contribution is 2.34. The number of hydrogen-bond donors (Lipinski definition) is 1. The van der Waals surface area contributed by atoms with Gasteiger partial charge >= 0.3 is 0 Å². The van der Waals surface area contributed by atoms with Gasteiger partial charge in [0.1, 0.15) is 12.0 Å². The van der Waals surface area contributed by atoms with E-state index < -0.39 is 0 Å². The molecule has 1 saturated heterocycles. The molecule has 1 fully saturated rings. The molecule has 0 spiro atoms. The van der Waals surface area contributed by atoms with E-state index >= 15 is 0 Å². The van der Waals surface area contributed by atoms with Crippen molar-refractivity contribution in [2.24, 2.45) is 4.99 Å². The van der Waals surface area contributed by atoms with Crippen molar-refractivity contribution in [3.8, 4) is 17.2 Å². The normalized spacial score (nSPS) is 15.3. The van der Waals surface area contributed by atoms with E-state index in [2.05, 4.69) is 25.3 Å². The SMILES string of the molecule is CN=C(NCc1cc(OC)c(OC)cc1OC)N1CCN(Cc2ccon2)CC1. The van der Waals surface area contributed by atoms with Crippen LogP contribution < -0.4 is 19.5 Å². The number of nitrogens with one attached hydrogen (secondary N) is 1. The van der Waals surface area contributed by atoms with Crippen molar-refractivity contribution in [1.29, 1.82) is 0 Å². The fourth-order valence-electron chi connectivity index (χ4n) is 3.40. The van der Waals surface area contributed by atoms with Crippen LogP contribution in [0, 0.1) is 0 Å². The van der Waals surface area contributed by atoms with Crippen molar-refractivity contribution >= 4 is 5.96 Å². The molecule has 158 valence electrons. The maximum Gasteiger partial charge on any atom is 0.194 e. The van der Waals surface area contributed by atoms with Gasteiger partial charge in [-0.2, -0.15) is 0 Å². The molecule has 0 radical (unpaired) electrons. The molecule has 0 unspecified atom stereocenters. The molecule has 29 heavy (non-hydrogen) atoms. The smallest absolute Gasteiger partial charge is 0.194 e. The summed E-state index contributed by atoms with van der Waals surface area (Å²) in [5.41, 5.74) is 1.93. The van der Waals surface area contributed by atoms with E-state index in [1.54, 1.807) is 34.6 Å². The largest absolute Gasteiger partial charge is 0.496 e. The molecule has 1 aromatic carbocycles. The van der Waals surface area contributed by atoms with Crippen molar-refractivity contribution in [1.82, 2.24) is 20.3 Å². The standard InChI is InChI=1S/C20H29N5O4/c1-21-20(25-8-6-24(7-9-25)14-16-5-10-29-23-16)22-13-15-11-18(27-3)19(28-4)12-17(15)26-2/h5,10-12H,6-9,13-14H2,1-4H3,(H,21,22). The van der Waals surface area contributed by atoms with Gasteiger partial charge < -0.3 is 29.0 Å². The van der Waals surface area contributed by atoms with Crippen LogP contribution >= 0.6 is 0 Å². The van der Waals surface area contributed by atoms with Crippen LogP contribution in [-0.4, -0.2) is 75.5 Å². The Morgan fingerprint density at radius 2 is 1.76 bits per heavy atom. The lowest BCUT2D eigenvalue weighted by Gasteiger charge is -2.36. The number of aromatic nitrogens is 1. The zero-order chi connectivity index (χ0) is 20.6. The van der Waals surface area contributed by atoms with E-state index in [9.17, 15) is 0 Å². The Morgan fingerprint density at radius 1 is 1.07 bits per heavy atom. The summed E-state index contributed by atoms with van der Waals surface area (Å²) in [6.07, 6.45) is 1.61. The second-order valence-electron chi connectivity index (χ2n) is 6.67. The number of hydrogen-bond acceptors (Lipinski definition) is 7. The van der Waals surface area contributed by atoms with E-state index in [0.29, 0.717) is 18.0 Å². The van der Waals surface area contributed by atoms with Crippen LogP contribution in [0.4, 0.5) is 0 Å². The van der Waals surface area contributed by atoms with Crippen LogP contribution in [0.1, 0.15) is 11.3 Å². The summed E-state index contributed by atoms with van der Waals surface area (Å²) in [5.74, 6) is 2.91. The first-order valence-electron chi connectivity index (χ1n) is 9.54. The molecule has 3 rings (SSSR count). The lowest BCUT2D eigenvalue weighted by atomic mass is 10.1. The molecular formula is C20H29N5O4. The minimum atomic E-state index is 0.565. The van der Waals surface area contributed by atoms with Gasteiger partial charge in [-0.25, -0.2) is 0 Å². The number of ether oxygens (including phenoxy) is 3. The summed E-state index contributed by atoms with van der Waals surface area (Å²) in [7, 11) is 6.68. The van der Waals surface area contributed by atoms with Gasteiger partial charge in [-0.1, -0.05) is 5.16 Å². The zero-order valence-corrected chi connectivity index (χ0v) is 17.5. The fourth-order valence-corrected chi connectivity index (χ4v) is 3.40. The average molecular weight is 403 g/mol. The molecule has 1 N–H and O–H groups in total. The Hall–Kier alpha value is -2.94. The van der Waals surface area contributed by atoms with Gasteiger partial charge in [0.25, 0.3) is 0 Å². The quantitative estimate of drug-likeness (QED) is 0.551. The average Bonchev–Trinajstić information content (AvgIpc) is 3.27. The molecule has 0 saturated carbocycles. The third-order valence-electron chi connectivity index (χ3n) is 4.98. The number of benzene rings is 1. The summed E-state index contributed by atoms with van der Waals surface area (Å²) in [6.45, 7) is 5.02. The second kappa shape index (κ2) is 10.0. The summed E-state index contributed by atoms with van der Waals surface area (Å²) in [6, 6.07) is 5.67. The Kier molecular flexibility index (Phi) is 7.18. The van der Waals surface area contributed by atoms with Gasteiger partial charge in [0, 0.05) is 64.0 Å². The molecular weight excluding hydrogens is 374 g/mol. The first kappa shape index (κ1) is 20.8. The van der Waals surface area contributed by atoms with Gasteiger partial charge in [0.15, 0.2) is 17.5 Å². The molecule has 2 aromatic rings. The lowest BCUT2D eigenvalue weighted by molar-refractivity contribution is 0.169. The Labute approximate surface area is 171 Å². The van der Waals surface area contributed by atoms with Crippen LogP contribution in [0.15, 0.2) is 34.0 Å². The lowest BCUT2D eigenvalue weighted by Crippen LogP contribution is -2.52. The molecule has 9 heteroatoms. The van der Waals surface area contributed by atoms with Gasteiger partial charge in [0.05, 0.1) is 27.0 Å². The monoisotopic (exact) mass is 403 g/mol. The summed E-state index contributed by atoms with van der Waals surface area (Å²) >= 11 is 0. The van der Waals surface area contributed by atoms with Crippen LogP contribution in [0.5, 0.6) is 17.2 Å². The second-order valence-corrected chi connectivity index (χ2v) is 6.67. The fraction of sp³-hybridized carbons (Fsp3) is 0.500. The van der Waals surface area contributed by atoms with Crippen molar-refractivity contribution < 1.29 is 18.7 Å². The molecule has 9 nitrogen and oxygen atoms in total. The molecule has 1 aliphatic rings. The van der Waals surface area contributed by atoms with E-state index in [4.69, 9.17) is 18.7 Å². The Balaban J connectivity index is 1.58. The maximum atomic E-state index is 5.51. The van der Waals surface area contributed by atoms with Crippen molar-refractivity contribution in [3.63, 3.8) is 0 Å². The highest BCUT2D eigenvalue weighted by Gasteiger charge is 2.21. The first-order chi connectivity index (χ1) is 14.2. The molecule has 0 amide bonds. The highest BCUT2D eigenvalue weighted by atomic mass is 16.5. The first-order valence-corrected chi connectivity index (χ1v) is 9.54. The van der Waals surface area contributed by atoms with E-state index in [0.717, 1.165) is 55.7 Å². The molecule has 0 bridgehead atoms. The predicted molar refractivity (Wildman–Crippen MR) is 110 cm³/mol. The number of rotatable bonds is 7. The number of aliphatic imine (C=N–C) groups is 1. The maximum absolute atomic E-state index is 5.51. The minimum Gasteiger partial charge on any atom is -0.496 e. The van der Waals surface area contributed by atoms with Crippen LogP contribution in [0.25, 0.3) is 0 Å². The molecule has 0 atom stereocenters. The number of guanidine groups is 1. The summed E-state index contributed by atoms with van der Waals surface area (Å²) < 4.78 is 21.2. The third-order valence-corrected chi connectivity index (χ3v) is 4.98. The molecule has 1 aromatic heterocycles. The molecule has 0 aliphatic carbocycles. The highest BCUT2D eigenvalue weighted by molar-refractivity contribution is 5.80. The van der Waals surface area contributed by atoms with Crippen LogP contribution in [0.3, 0.4) is 0 Å². The Bertz CT molecular complexity index is 801. The van der Waals surface area contributed by atoms with Crippen molar-refractivity contribution in [3.05, 3.63) is 35.7 Å². The summed E-state index contributed by atoms with van der Waals surface area (Å²) in [4.78, 5) is 9.06. The molecule has 2 heterocycles. The van der Waals surface area contributed by atoms with Crippen molar-refractivity contribution in [2.75, 3.05) is 54.6 Å². The molecule has 1 aliphatic heterocycles. The zero-order valence-electron chi connectivity index (χ0n) is 17.5. The topological polar surface area (TPSA) is 84.6 Å². The number of piperazine rings is 1. The predicted octanol–water partition coefficient (Wildman–Crippen LogP) is 1.59. The van der Waals surface area contributed by atoms with Crippen molar-refractivity contribution in [2.45, 2.75) is 13.1 Å². The van der Waals surface area contributed by atoms with Crippen LogP contribution in [0.2, 0.25) is 0 Å². The Morgan fingerprint density at radius 3 is 2.34 bits per heavy atom. The van der Waals surface area contributed by atoms with Gasteiger partial charge in [0.2, 0.25) is 0 Å². The van der Waals surface area contributed by atoms with Gasteiger partial charge in [-0.3, -0.25) is 9.89 Å². The van der Waals surface area contributed by atoms with Gasteiger partial charge in [-0.15, -0.1) is 0 Å². The van der Waals surface area contributed by atoms with E-state index in [1.165, 1.54) is 0 Å². The van der Waals surface area contributed by atoms with Gasteiger partial charge in [-0.05, 0) is 6.07 Å². The third kappa shape index (κ3) is 5.11.